The number of halogens is 2. The summed E-state index contributed by atoms with van der Waals surface area (Å²) in [6, 6.07) is 0. The Labute approximate surface area is 132 Å². The molecule has 0 amide bonds. The zero-order chi connectivity index (χ0) is 13.8. The Morgan fingerprint density at radius 2 is 2.16 bits per heavy atom. The van der Waals surface area contributed by atoms with E-state index in [0.29, 0.717) is 9.65 Å². The molecule has 0 spiro atoms. The van der Waals surface area contributed by atoms with Crippen LogP contribution in [0.1, 0.15) is 32.6 Å². The minimum Gasteiger partial charge on any atom is -0.371 e. The molecule has 6 atom stereocenters. The van der Waals surface area contributed by atoms with Crippen LogP contribution >= 0.6 is 31.9 Å². The third-order valence-electron chi connectivity index (χ3n) is 3.82. The van der Waals surface area contributed by atoms with Crippen molar-refractivity contribution in [1.29, 1.82) is 0 Å². The second-order valence-electron chi connectivity index (χ2n) is 5.14. The molecule has 2 heterocycles. The highest BCUT2D eigenvalue weighted by Crippen LogP contribution is 2.38. The molecule has 2 aliphatic rings. The highest BCUT2D eigenvalue weighted by molar-refractivity contribution is 9.09. The normalized spacial score (nSPS) is 40.0. The molecule has 0 N–H and O–H groups in total. The van der Waals surface area contributed by atoms with Gasteiger partial charge in [-0.1, -0.05) is 50.8 Å². The maximum absolute atomic E-state index is 6.28. The topological polar surface area (TPSA) is 18.5 Å². The third kappa shape index (κ3) is 3.85. The first-order valence-corrected chi connectivity index (χ1v) is 8.69. The molecule has 0 aliphatic carbocycles. The van der Waals surface area contributed by atoms with Gasteiger partial charge in [-0.15, -0.1) is 6.42 Å². The van der Waals surface area contributed by atoms with Crippen molar-refractivity contribution in [2.24, 2.45) is 0 Å². The summed E-state index contributed by atoms with van der Waals surface area (Å²) in [5, 5.41) is 0. The summed E-state index contributed by atoms with van der Waals surface area (Å²) in [6.07, 6.45) is 13.7. The SMILES string of the molecule is C#C/C=C\C[C@@H]1O[C@H]2C[C@@H]1O[C@@H](C(Br)CC)C[C@@H]2Br. The van der Waals surface area contributed by atoms with Crippen LogP contribution in [0.2, 0.25) is 0 Å². The highest BCUT2D eigenvalue weighted by Gasteiger charge is 2.44. The first-order valence-electron chi connectivity index (χ1n) is 6.85. The van der Waals surface area contributed by atoms with Crippen molar-refractivity contribution in [2.75, 3.05) is 0 Å². The first-order chi connectivity index (χ1) is 9.15. The van der Waals surface area contributed by atoms with E-state index in [1.165, 1.54) is 0 Å². The summed E-state index contributed by atoms with van der Waals surface area (Å²) < 4.78 is 12.4. The van der Waals surface area contributed by atoms with Crippen LogP contribution in [-0.4, -0.2) is 34.1 Å². The fourth-order valence-electron chi connectivity index (χ4n) is 2.75. The molecule has 0 aromatic rings. The molecule has 2 nitrogen and oxygen atoms in total. The summed E-state index contributed by atoms with van der Waals surface area (Å²) in [4.78, 5) is 0.782. The molecule has 0 saturated carbocycles. The van der Waals surface area contributed by atoms with Gasteiger partial charge in [0.2, 0.25) is 0 Å². The number of fused-ring (bicyclic) bond motifs is 2. The van der Waals surface area contributed by atoms with Gasteiger partial charge < -0.3 is 9.47 Å². The lowest BCUT2D eigenvalue weighted by atomic mass is 10.1. The Hall–Kier alpha value is 0.180. The van der Waals surface area contributed by atoms with Crippen molar-refractivity contribution in [3.63, 3.8) is 0 Å². The minimum atomic E-state index is 0.133. The maximum atomic E-state index is 6.28. The molecule has 2 aliphatic heterocycles. The van der Waals surface area contributed by atoms with Crippen LogP contribution in [0.3, 0.4) is 0 Å². The summed E-state index contributed by atoms with van der Waals surface area (Å²) >= 11 is 7.49. The number of hydrogen-bond acceptors (Lipinski definition) is 2. The van der Waals surface area contributed by atoms with Crippen LogP contribution in [0, 0.1) is 12.3 Å². The maximum Gasteiger partial charge on any atom is 0.0876 e. The van der Waals surface area contributed by atoms with E-state index >= 15 is 0 Å². The van der Waals surface area contributed by atoms with Crippen molar-refractivity contribution in [2.45, 2.75) is 66.7 Å². The van der Waals surface area contributed by atoms with E-state index in [4.69, 9.17) is 15.9 Å². The Kier molecular flexibility index (Phi) is 5.95. The molecule has 2 rings (SSSR count). The molecule has 2 fully saturated rings. The van der Waals surface area contributed by atoms with Crippen LogP contribution in [-0.2, 0) is 9.47 Å². The van der Waals surface area contributed by atoms with Gasteiger partial charge in [-0.25, -0.2) is 0 Å². The molecule has 1 unspecified atom stereocenters. The molecule has 4 heteroatoms. The molecule has 2 bridgehead atoms. The third-order valence-corrected chi connectivity index (χ3v) is 6.02. The number of allylic oxidation sites excluding steroid dienone is 1. The second-order valence-corrected chi connectivity index (χ2v) is 7.49. The van der Waals surface area contributed by atoms with Gasteiger partial charge in [0, 0.05) is 16.1 Å². The minimum absolute atomic E-state index is 0.133. The molecule has 0 radical (unpaired) electrons. The molecular weight excluding hydrogens is 372 g/mol. The largest absolute Gasteiger partial charge is 0.371 e. The Bertz CT molecular complexity index is 364. The second kappa shape index (κ2) is 7.26. The Balaban J connectivity index is 2.02. The Morgan fingerprint density at radius 3 is 2.84 bits per heavy atom. The van der Waals surface area contributed by atoms with Gasteiger partial charge in [0.25, 0.3) is 0 Å². The van der Waals surface area contributed by atoms with Crippen LogP contribution < -0.4 is 0 Å². The van der Waals surface area contributed by atoms with E-state index < -0.39 is 0 Å². The molecule has 19 heavy (non-hydrogen) atoms. The average Bonchev–Trinajstić information content (AvgIpc) is 2.72. The fourth-order valence-corrected chi connectivity index (χ4v) is 3.80. The number of terminal acetylenes is 1. The quantitative estimate of drug-likeness (QED) is 0.535. The van der Waals surface area contributed by atoms with E-state index in [9.17, 15) is 0 Å². The number of alkyl halides is 2. The lowest BCUT2D eigenvalue weighted by Gasteiger charge is -2.30. The zero-order valence-electron chi connectivity index (χ0n) is 11.1. The van der Waals surface area contributed by atoms with Gasteiger partial charge in [0.1, 0.15) is 0 Å². The van der Waals surface area contributed by atoms with Gasteiger partial charge in [-0.3, -0.25) is 0 Å². The first kappa shape index (κ1) is 15.6. The van der Waals surface area contributed by atoms with Crippen molar-refractivity contribution < 1.29 is 9.47 Å². The summed E-state index contributed by atoms with van der Waals surface area (Å²) in [5.74, 6) is 2.51. The van der Waals surface area contributed by atoms with E-state index in [1.807, 2.05) is 6.08 Å². The predicted octanol–water partition coefficient (Wildman–Crippen LogP) is 3.82. The monoisotopic (exact) mass is 390 g/mol. The Morgan fingerprint density at radius 1 is 1.37 bits per heavy atom. The van der Waals surface area contributed by atoms with Crippen molar-refractivity contribution in [3.05, 3.63) is 12.2 Å². The predicted molar refractivity (Wildman–Crippen MR) is 84.9 cm³/mol. The van der Waals surface area contributed by atoms with Crippen LogP contribution in [0.4, 0.5) is 0 Å². The van der Waals surface area contributed by atoms with Crippen molar-refractivity contribution in [3.8, 4) is 12.3 Å². The van der Waals surface area contributed by atoms with Gasteiger partial charge in [0.05, 0.1) is 24.4 Å². The number of rotatable bonds is 4. The van der Waals surface area contributed by atoms with Gasteiger partial charge >= 0.3 is 0 Å². The van der Waals surface area contributed by atoms with E-state index in [1.54, 1.807) is 6.08 Å². The van der Waals surface area contributed by atoms with Crippen LogP contribution in [0.5, 0.6) is 0 Å². The lowest BCUT2D eigenvalue weighted by molar-refractivity contribution is -0.0732. The summed E-state index contributed by atoms with van der Waals surface area (Å²) in [5.41, 5.74) is 0. The molecule has 0 aromatic heterocycles. The molecule has 2 saturated heterocycles. The van der Waals surface area contributed by atoms with E-state index in [2.05, 4.69) is 44.7 Å². The number of hydrogen-bond donors (Lipinski definition) is 0. The smallest absolute Gasteiger partial charge is 0.0876 e. The van der Waals surface area contributed by atoms with Crippen molar-refractivity contribution >= 4 is 31.9 Å². The van der Waals surface area contributed by atoms with Gasteiger partial charge in [0.15, 0.2) is 0 Å². The average molecular weight is 392 g/mol. The van der Waals surface area contributed by atoms with Crippen LogP contribution in [0.25, 0.3) is 0 Å². The summed E-state index contributed by atoms with van der Waals surface area (Å²) in [6.45, 7) is 2.18. The van der Waals surface area contributed by atoms with Gasteiger partial charge in [-0.05, 0) is 25.3 Å². The van der Waals surface area contributed by atoms with Crippen molar-refractivity contribution in [1.82, 2.24) is 0 Å². The van der Waals surface area contributed by atoms with E-state index in [-0.39, 0.29) is 24.4 Å². The highest BCUT2D eigenvalue weighted by atomic mass is 79.9. The van der Waals surface area contributed by atoms with Gasteiger partial charge in [-0.2, -0.15) is 0 Å². The zero-order valence-corrected chi connectivity index (χ0v) is 14.3. The number of ether oxygens (including phenoxy) is 2. The molecule has 0 aromatic carbocycles. The summed E-state index contributed by atoms with van der Waals surface area (Å²) in [7, 11) is 0. The van der Waals surface area contributed by atoms with Crippen LogP contribution in [0.15, 0.2) is 12.2 Å². The standard InChI is InChI=1S/C15H20Br2O2/c1-3-5-6-7-12-15-9-14(18-12)11(17)8-13(19-15)10(16)4-2/h1,5-6,10-15H,4,7-9H2,2H3/b6-5-/t10?,11-,12-,13+,14-,15-/m0/s1. The molecule has 106 valence electrons. The van der Waals surface area contributed by atoms with E-state index in [0.717, 1.165) is 25.7 Å². The molecular formula is C15H20Br2O2. The fraction of sp³-hybridized carbons (Fsp3) is 0.733. The lowest BCUT2D eigenvalue weighted by Crippen LogP contribution is -2.36.